The molecule has 17 heavy (non-hydrogen) atoms. The number of benzene rings is 1. The van der Waals surface area contributed by atoms with E-state index >= 15 is 0 Å². The van der Waals surface area contributed by atoms with Gasteiger partial charge in [0.05, 0.1) is 5.56 Å². The van der Waals surface area contributed by atoms with Gasteiger partial charge >= 0.3 is 0 Å². The molecule has 0 aliphatic heterocycles. The summed E-state index contributed by atoms with van der Waals surface area (Å²) in [6.07, 6.45) is 2.25. The smallest absolute Gasteiger partial charge is 0.254 e. The van der Waals surface area contributed by atoms with E-state index in [0.717, 1.165) is 12.8 Å². The van der Waals surface area contributed by atoms with E-state index < -0.39 is 11.7 Å². The van der Waals surface area contributed by atoms with Gasteiger partial charge in [0.25, 0.3) is 5.91 Å². The highest BCUT2D eigenvalue weighted by atomic mass is 79.9. The second kappa shape index (κ2) is 5.14. The number of hydrogen-bond donors (Lipinski definition) is 2. The Hall–Kier alpha value is -0.940. The zero-order valence-corrected chi connectivity index (χ0v) is 10.8. The van der Waals surface area contributed by atoms with Crippen molar-refractivity contribution in [1.29, 1.82) is 0 Å². The fourth-order valence-corrected chi connectivity index (χ4v) is 2.03. The lowest BCUT2D eigenvalue weighted by Crippen LogP contribution is -2.38. The molecule has 0 bridgehead atoms. The van der Waals surface area contributed by atoms with Crippen LogP contribution in [0.5, 0.6) is 0 Å². The molecule has 2 rings (SSSR count). The van der Waals surface area contributed by atoms with E-state index in [1.54, 1.807) is 6.07 Å². The van der Waals surface area contributed by atoms with Crippen LogP contribution < -0.4 is 11.1 Å². The highest BCUT2D eigenvalue weighted by Crippen LogP contribution is 2.31. The maximum absolute atomic E-state index is 13.4. The minimum atomic E-state index is -0.523. The number of nitrogens with one attached hydrogen (secondary N) is 1. The van der Waals surface area contributed by atoms with Crippen molar-refractivity contribution in [3.05, 3.63) is 34.1 Å². The molecule has 1 aromatic carbocycles. The Balaban J connectivity index is 1.96. The monoisotopic (exact) mass is 300 g/mol. The first-order chi connectivity index (χ1) is 8.08. The number of halogens is 2. The Morgan fingerprint density at radius 3 is 2.94 bits per heavy atom. The van der Waals surface area contributed by atoms with Crippen LogP contribution in [-0.4, -0.2) is 18.5 Å². The Morgan fingerprint density at radius 2 is 2.29 bits per heavy atom. The molecule has 1 atom stereocenters. The number of amides is 1. The predicted molar refractivity (Wildman–Crippen MR) is 67.1 cm³/mol. The summed E-state index contributed by atoms with van der Waals surface area (Å²) in [6, 6.07) is 4.27. The van der Waals surface area contributed by atoms with Gasteiger partial charge in [-0.3, -0.25) is 4.79 Å². The van der Waals surface area contributed by atoms with Crippen LogP contribution >= 0.6 is 15.9 Å². The molecule has 0 spiro atoms. The zero-order valence-electron chi connectivity index (χ0n) is 9.25. The first kappa shape index (κ1) is 12.5. The van der Waals surface area contributed by atoms with Gasteiger partial charge in [-0.05, 0) is 37.0 Å². The molecule has 3 N–H and O–H groups in total. The minimum Gasteiger partial charge on any atom is -0.350 e. The molecule has 1 aliphatic rings. The highest BCUT2D eigenvalue weighted by Gasteiger charge is 2.28. The van der Waals surface area contributed by atoms with Gasteiger partial charge in [0, 0.05) is 17.1 Å². The van der Waals surface area contributed by atoms with Crippen LogP contribution in [0.1, 0.15) is 23.2 Å². The Morgan fingerprint density at radius 1 is 1.59 bits per heavy atom. The molecule has 0 radical (unpaired) electrons. The number of hydrogen-bond acceptors (Lipinski definition) is 2. The second-order valence-electron chi connectivity index (χ2n) is 4.34. The summed E-state index contributed by atoms with van der Waals surface area (Å²) < 4.78 is 14.1. The van der Waals surface area contributed by atoms with E-state index in [0.29, 0.717) is 16.9 Å². The third kappa shape index (κ3) is 3.26. The van der Waals surface area contributed by atoms with E-state index in [-0.39, 0.29) is 11.6 Å². The third-order valence-corrected chi connectivity index (χ3v) is 3.39. The molecule has 1 unspecified atom stereocenters. The zero-order chi connectivity index (χ0) is 12.4. The Kier molecular flexibility index (Phi) is 3.79. The van der Waals surface area contributed by atoms with Gasteiger partial charge in [-0.25, -0.2) is 4.39 Å². The number of nitrogens with two attached hydrogens (primary N) is 1. The van der Waals surface area contributed by atoms with Crippen molar-refractivity contribution in [2.24, 2.45) is 11.7 Å². The van der Waals surface area contributed by atoms with Crippen LogP contribution in [-0.2, 0) is 0 Å². The number of carbonyl (C=O) groups excluding carboxylic acids is 1. The van der Waals surface area contributed by atoms with Crippen LogP contribution in [0.4, 0.5) is 4.39 Å². The van der Waals surface area contributed by atoms with Gasteiger partial charge in [-0.2, -0.15) is 0 Å². The summed E-state index contributed by atoms with van der Waals surface area (Å²) in [5.74, 6) is -0.423. The van der Waals surface area contributed by atoms with E-state index in [9.17, 15) is 9.18 Å². The molecule has 92 valence electrons. The molecule has 1 saturated carbocycles. The topological polar surface area (TPSA) is 55.1 Å². The van der Waals surface area contributed by atoms with Crippen LogP contribution in [0.3, 0.4) is 0 Å². The summed E-state index contributed by atoms with van der Waals surface area (Å²) in [5.41, 5.74) is 5.90. The second-order valence-corrected chi connectivity index (χ2v) is 5.25. The third-order valence-electron chi connectivity index (χ3n) is 2.90. The van der Waals surface area contributed by atoms with Crippen molar-refractivity contribution in [2.75, 3.05) is 6.54 Å². The number of carbonyl (C=O) groups is 1. The minimum absolute atomic E-state index is 0.0193. The lowest BCUT2D eigenvalue weighted by atomic mass is 10.1. The standard InChI is InChI=1S/C12H14BrFN2O/c13-8-3-4-10(14)9(5-8)12(17)16-6-11(15)7-1-2-7/h3-5,7,11H,1-2,6,15H2,(H,16,17). The van der Waals surface area contributed by atoms with E-state index in [1.165, 1.54) is 12.1 Å². The largest absolute Gasteiger partial charge is 0.350 e. The molecule has 3 nitrogen and oxygen atoms in total. The maximum Gasteiger partial charge on any atom is 0.254 e. The van der Waals surface area contributed by atoms with Gasteiger partial charge in [-0.15, -0.1) is 0 Å². The Labute approximate surface area is 108 Å². The first-order valence-electron chi connectivity index (χ1n) is 5.57. The van der Waals surface area contributed by atoms with Crippen molar-refractivity contribution in [2.45, 2.75) is 18.9 Å². The molecule has 0 aromatic heterocycles. The van der Waals surface area contributed by atoms with Crippen LogP contribution in [0.15, 0.2) is 22.7 Å². The summed E-state index contributed by atoms with van der Waals surface area (Å²) in [5, 5.41) is 2.66. The SMILES string of the molecule is NC(CNC(=O)c1cc(Br)ccc1F)C1CC1. The van der Waals surface area contributed by atoms with Crippen molar-refractivity contribution >= 4 is 21.8 Å². The van der Waals surface area contributed by atoms with E-state index in [2.05, 4.69) is 21.2 Å². The quantitative estimate of drug-likeness (QED) is 0.894. The average molecular weight is 301 g/mol. The van der Waals surface area contributed by atoms with Crippen molar-refractivity contribution in [1.82, 2.24) is 5.32 Å². The lowest BCUT2D eigenvalue weighted by Gasteiger charge is -2.12. The van der Waals surface area contributed by atoms with Crippen LogP contribution in [0.2, 0.25) is 0 Å². The Bertz CT molecular complexity index is 435. The maximum atomic E-state index is 13.4. The molecule has 1 fully saturated rings. The van der Waals surface area contributed by atoms with Crippen LogP contribution in [0.25, 0.3) is 0 Å². The van der Waals surface area contributed by atoms with Gasteiger partial charge < -0.3 is 11.1 Å². The summed E-state index contributed by atoms with van der Waals surface area (Å²) in [7, 11) is 0. The van der Waals surface area contributed by atoms with Crippen LogP contribution in [0, 0.1) is 11.7 Å². The molecule has 5 heteroatoms. The van der Waals surface area contributed by atoms with Gasteiger partial charge in [0.1, 0.15) is 5.82 Å². The fraction of sp³-hybridized carbons (Fsp3) is 0.417. The molecule has 0 saturated heterocycles. The highest BCUT2D eigenvalue weighted by molar-refractivity contribution is 9.10. The normalized spacial score (nSPS) is 16.6. The summed E-state index contributed by atoms with van der Waals surface area (Å²) >= 11 is 3.21. The van der Waals surface area contributed by atoms with Gasteiger partial charge in [0.15, 0.2) is 0 Å². The summed E-state index contributed by atoms with van der Waals surface area (Å²) in [6.45, 7) is 0.398. The van der Waals surface area contributed by atoms with Crippen molar-refractivity contribution in [3.8, 4) is 0 Å². The fourth-order valence-electron chi connectivity index (χ4n) is 1.67. The first-order valence-corrected chi connectivity index (χ1v) is 6.36. The van der Waals surface area contributed by atoms with E-state index in [1.807, 2.05) is 0 Å². The van der Waals surface area contributed by atoms with Crippen molar-refractivity contribution in [3.63, 3.8) is 0 Å². The molecule has 1 aliphatic carbocycles. The molecule has 1 amide bonds. The number of rotatable bonds is 4. The molecule has 0 heterocycles. The lowest BCUT2D eigenvalue weighted by molar-refractivity contribution is 0.0946. The molecular formula is C12H14BrFN2O. The average Bonchev–Trinajstić information content (AvgIpc) is 3.12. The van der Waals surface area contributed by atoms with E-state index in [4.69, 9.17) is 5.73 Å². The molecular weight excluding hydrogens is 287 g/mol. The van der Waals surface area contributed by atoms with Crippen molar-refractivity contribution < 1.29 is 9.18 Å². The predicted octanol–water partition coefficient (Wildman–Crippen LogP) is 2.06. The van der Waals surface area contributed by atoms with Gasteiger partial charge in [-0.1, -0.05) is 15.9 Å². The molecule has 1 aromatic rings. The summed E-state index contributed by atoms with van der Waals surface area (Å²) in [4.78, 5) is 11.7. The van der Waals surface area contributed by atoms with Gasteiger partial charge in [0.2, 0.25) is 0 Å².